The van der Waals surface area contributed by atoms with Crippen molar-refractivity contribution in [1.29, 1.82) is 0 Å². The molecule has 1 aliphatic heterocycles. The molecule has 168 valence electrons. The van der Waals surface area contributed by atoms with E-state index in [0.717, 1.165) is 11.1 Å². The van der Waals surface area contributed by atoms with Gasteiger partial charge in [-0.1, -0.05) is 48.0 Å². The molecule has 0 spiro atoms. The summed E-state index contributed by atoms with van der Waals surface area (Å²) >= 11 is 0. The number of nitrogens with zero attached hydrogens (tertiary/aromatic N) is 1. The highest BCUT2D eigenvalue weighted by molar-refractivity contribution is 6.13. The molecule has 0 N–H and O–H groups in total. The summed E-state index contributed by atoms with van der Waals surface area (Å²) < 4.78 is 22.5. The topological polar surface area (TPSA) is 66.3 Å². The van der Waals surface area contributed by atoms with E-state index in [4.69, 9.17) is 18.9 Å². The summed E-state index contributed by atoms with van der Waals surface area (Å²) in [6, 6.07) is 20.9. The van der Waals surface area contributed by atoms with Gasteiger partial charge in [0, 0.05) is 0 Å². The molecule has 0 saturated heterocycles. The van der Waals surface area contributed by atoms with E-state index in [2.05, 4.69) is 11.1 Å². The number of hydrogen-bond acceptors (Lipinski definition) is 6. The molecule has 3 aromatic carbocycles. The smallest absolute Gasteiger partial charge is 0.363 e. The van der Waals surface area contributed by atoms with Gasteiger partial charge in [-0.15, -0.1) is 0 Å². The molecule has 0 aliphatic carbocycles. The molecular weight excluding hydrogens is 418 g/mol. The van der Waals surface area contributed by atoms with Crippen LogP contribution in [0, 0.1) is 6.92 Å². The van der Waals surface area contributed by atoms with Crippen LogP contribution >= 0.6 is 0 Å². The molecule has 6 heteroatoms. The Morgan fingerprint density at radius 1 is 0.939 bits per heavy atom. The normalized spacial score (nSPS) is 14.1. The minimum atomic E-state index is -0.520. The van der Waals surface area contributed by atoms with E-state index >= 15 is 0 Å². The summed E-state index contributed by atoms with van der Waals surface area (Å²) in [5.41, 5.74) is 3.83. The van der Waals surface area contributed by atoms with Gasteiger partial charge in [0.2, 0.25) is 5.90 Å². The van der Waals surface area contributed by atoms with E-state index in [0.29, 0.717) is 36.0 Å². The summed E-state index contributed by atoms with van der Waals surface area (Å²) in [5.74, 6) is 1.51. The summed E-state index contributed by atoms with van der Waals surface area (Å²) in [5, 5.41) is 0. The minimum absolute atomic E-state index is 0.201. The van der Waals surface area contributed by atoms with Crippen LogP contribution in [0.4, 0.5) is 0 Å². The third-order valence-corrected chi connectivity index (χ3v) is 5.01. The van der Waals surface area contributed by atoms with E-state index in [1.807, 2.05) is 62.4 Å². The number of carbonyl (C=O) groups excluding carboxylic acids is 1. The maximum absolute atomic E-state index is 12.4. The lowest BCUT2D eigenvalue weighted by Gasteiger charge is -2.13. The Hall–Kier alpha value is -4.06. The molecule has 0 atom stereocenters. The van der Waals surface area contributed by atoms with Crippen LogP contribution in [0.25, 0.3) is 6.08 Å². The lowest BCUT2D eigenvalue weighted by molar-refractivity contribution is -0.129. The molecule has 33 heavy (non-hydrogen) atoms. The van der Waals surface area contributed by atoms with Gasteiger partial charge in [-0.3, -0.25) is 0 Å². The average Bonchev–Trinajstić information content (AvgIpc) is 3.18. The van der Waals surface area contributed by atoms with Gasteiger partial charge in [-0.2, -0.15) is 0 Å². The lowest BCUT2D eigenvalue weighted by Crippen LogP contribution is -2.06. The van der Waals surface area contributed by atoms with Crippen LogP contribution in [-0.4, -0.2) is 25.6 Å². The Bertz CT molecular complexity index is 1230. The van der Waals surface area contributed by atoms with Crippen molar-refractivity contribution >= 4 is 17.9 Å². The first-order valence-electron chi connectivity index (χ1n) is 10.7. The molecule has 1 aliphatic rings. The maximum Gasteiger partial charge on any atom is 0.363 e. The van der Waals surface area contributed by atoms with E-state index in [9.17, 15) is 4.79 Å². The summed E-state index contributed by atoms with van der Waals surface area (Å²) in [4.78, 5) is 16.8. The van der Waals surface area contributed by atoms with Crippen molar-refractivity contribution in [3.8, 4) is 17.2 Å². The summed E-state index contributed by atoms with van der Waals surface area (Å²) in [6.45, 7) is 4.88. The molecule has 0 unspecified atom stereocenters. The predicted molar refractivity (Wildman–Crippen MR) is 127 cm³/mol. The van der Waals surface area contributed by atoms with Crippen molar-refractivity contribution in [3.05, 3.63) is 94.7 Å². The SMILES string of the molecule is CCOc1cc(/C=C2\N=C(c3ccccc3OC)OC2=O)ccc1OCc1cccc(C)c1. The number of cyclic esters (lactones) is 1. The first kappa shape index (κ1) is 22.1. The van der Waals surface area contributed by atoms with Crippen LogP contribution < -0.4 is 14.2 Å². The first-order valence-corrected chi connectivity index (χ1v) is 10.7. The average molecular weight is 443 g/mol. The fourth-order valence-electron chi connectivity index (χ4n) is 3.47. The lowest BCUT2D eigenvalue weighted by atomic mass is 10.1. The predicted octanol–water partition coefficient (Wildman–Crippen LogP) is 5.33. The highest BCUT2D eigenvalue weighted by atomic mass is 16.6. The monoisotopic (exact) mass is 443 g/mol. The van der Waals surface area contributed by atoms with Crippen LogP contribution in [0.3, 0.4) is 0 Å². The van der Waals surface area contributed by atoms with Crippen molar-refractivity contribution in [3.63, 3.8) is 0 Å². The molecule has 0 fully saturated rings. The third-order valence-electron chi connectivity index (χ3n) is 5.01. The number of carbonyl (C=O) groups is 1. The largest absolute Gasteiger partial charge is 0.496 e. The molecule has 1 heterocycles. The van der Waals surface area contributed by atoms with Gasteiger partial charge in [0.25, 0.3) is 0 Å². The van der Waals surface area contributed by atoms with Gasteiger partial charge in [0.15, 0.2) is 17.2 Å². The fourth-order valence-corrected chi connectivity index (χ4v) is 3.47. The number of para-hydroxylation sites is 1. The first-order chi connectivity index (χ1) is 16.1. The van der Waals surface area contributed by atoms with Gasteiger partial charge in [-0.25, -0.2) is 9.79 Å². The summed E-state index contributed by atoms with van der Waals surface area (Å²) in [6.07, 6.45) is 1.66. The van der Waals surface area contributed by atoms with Crippen molar-refractivity contribution in [2.45, 2.75) is 20.5 Å². The molecule has 0 aromatic heterocycles. The number of rotatable bonds is 8. The van der Waals surface area contributed by atoms with Crippen LogP contribution in [-0.2, 0) is 16.1 Å². The van der Waals surface area contributed by atoms with Gasteiger partial charge in [0.05, 0.1) is 19.3 Å². The molecule has 3 aromatic rings. The fraction of sp³-hybridized carbons (Fsp3) is 0.185. The Morgan fingerprint density at radius 3 is 2.58 bits per heavy atom. The Morgan fingerprint density at radius 2 is 1.79 bits per heavy atom. The Labute approximate surface area is 193 Å². The van der Waals surface area contributed by atoms with E-state index in [1.54, 1.807) is 25.3 Å². The van der Waals surface area contributed by atoms with Gasteiger partial charge >= 0.3 is 5.97 Å². The number of benzene rings is 3. The second kappa shape index (κ2) is 10.0. The van der Waals surface area contributed by atoms with E-state index in [1.165, 1.54) is 5.56 Å². The zero-order valence-electron chi connectivity index (χ0n) is 18.8. The summed E-state index contributed by atoms with van der Waals surface area (Å²) in [7, 11) is 1.56. The molecule has 0 radical (unpaired) electrons. The van der Waals surface area contributed by atoms with Gasteiger partial charge < -0.3 is 18.9 Å². The van der Waals surface area contributed by atoms with Gasteiger partial charge in [-0.05, 0) is 55.3 Å². The molecule has 6 nitrogen and oxygen atoms in total. The van der Waals surface area contributed by atoms with Crippen molar-refractivity contribution in [2.24, 2.45) is 4.99 Å². The number of aliphatic imine (C=N–C) groups is 1. The molecular formula is C27H25NO5. The quantitative estimate of drug-likeness (QED) is 0.348. The Balaban J connectivity index is 1.57. The molecule has 0 saturated carbocycles. The number of methoxy groups -OCH3 is 1. The van der Waals surface area contributed by atoms with Crippen molar-refractivity contribution in [2.75, 3.05) is 13.7 Å². The number of esters is 1. The minimum Gasteiger partial charge on any atom is -0.496 e. The van der Waals surface area contributed by atoms with Crippen molar-refractivity contribution in [1.82, 2.24) is 0 Å². The standard InChI is InChI=1S/C27H25NO5/c1-4-31-25-16-19(12-13-24(25)32-17-20-9-7-8-18(2)14-20)15-22-27(29)33-26(28-22)21-10-5-6-11-23(21)30-3/h5-16H,4,17H2,1-3H3/b22-15-. The van der Waals surface area contributed by atoms with Gasteiger partial charge in [0.1, 0.15) is 12.4 Å². The number of hydrogen-bond donors (Lipinski definition) is 0. The highest BCUT2D eigenvalue weighted by Gasteiger charge is 2.26. The number of aryl methyl sites for hydroxylation is 1. The highest BCUT2D eigenvalue weighted by Crippen LogP contribution is 2.31. The van der Waals surface area contributed by atoms with Crippen LogP contribution in [0.5, 0.6) is 17.2 Å². The van der Waals surface area contributed by atoms with E-state index in [-0.39, 0.29) is 11.6 Å². The zero-order valence-corrected chi connectivity index (χ0v) is 18.8. The van der Waals surface area contributed by atoms with E-state index < -0.39 is 5.97 Å². The zero-order chi connectivity index (χ0) is 23.2. The van der Waals surface area contributed by atoms with Crippen molar-refractivity contribution < 1.29 is 23.7 Å². The second-order valence-electron chi connectivity index (χ2n) is 7.45. The Kier molecular flexibility index (Phi) is 6.74. The van der Waals surface area contributed by atoms with Crippen LogP contribution in [0.2, 0.25) is 0 Å². The van der Waals surface area contributed by atoms with Crippen LogP contribution in [0.1, 0.15) is 29.2 Å². The molecule has 0 bridgehead atoms. The maximum atomic E-state index is 12.4. The number of ether oxygens (including phenoxy) is 4. The molecule has 4 rings (SSSR count). The molecule has 0 amide bonds. The second-order valence-corrected chi connectivity index (χ2v) is 7.45. The third kappa shape index (κ3) is 5.23. The van der Waals surface area contributed by atoms with Crippen LogP contribution in [0.15, 0.2) is 77.4 Å².